The highest BCUT2D eigenvalue weighted by molar-refractivity contribution is 7.91. The molecule has 1 rings (SSSR count). The largest absolute Gasteiger partial charge is 0.393 e. The fourth-order valence-electron chi connectivity index (χ4n) is 1.53. The molecule has 0 aliphatic heterocycles. The number of aliphatic hydroxyl groups is 1. The number of rotatable bonds is 7. The molecular formula is C12H17F2NO3S. The molecule has 1 unspecified atom stereocenters. The number of alkyl halides is 2. The summed E-state index contributed by atoms with van der Waals surface area (Å²) < 4.78 is 48.0. The lowest BCUT2D eigenvalue weighted by atomic mass is 10.2. The number of sulfone groups is 1. The second-order valence-corrected chi connectivity index (χ2v) is 5.97. The summed E-state index contributed by atoms with van der Waals surface area (Å²) >= 11 is 0. The smallest absolute Gasteiger partial charge is 0.341 e. The average Bonchev–Trinajstić information content (AvgIpc) is 2.38. The molecule has 1 aromatic carbocycles. The van der Waals surface area contributed by atoms with Crippen molar-refractivity contribution in [3.05, 3.63) is 24.3 Å². The normalized spacial score (nSPS) is 13.5. The topological polar surface area (TPSA) is 66.4 Å². The van der Waals surface area contributed by atoms with E-state index in [9.17, 15) is 22.3 Å². The number of anilines is 1. The lowest BCUT2D eigenvalue weighted by Gasteiger charge is -2.13. The van der Waals surface area contributed by atoms with Gasteiger partial charge in [0.05, 0.1) is 16.7 Å². The van der Waals surface area contributed by atoms with Crippen molar-refractivity contribution in [2.45, 2.75) is 36.5 Å². The Bertz CT molecular complexity index is 505. The van der Waals surface area contributed by atoms with E-state index in [0.29, 0.717) is 19.4 Å². The van der Waals surface area contributed by atoms with Gasteiger partial charge in [-0.15, -0.1) is 0 Å². The van der Waals surface area contributed by atoms with E-state index >= 15 is 0 Å². The Morgan fingerprint density at radius 3 is 2.53 bits per heavy atom. The summed E-state index contributed by atoms with van der Waals surface area (Å²) in [6, 6.07) is 5.51. The number of halogens is 2. The van der Waals surface area contributed by atoms with Crippen LogP contribution in [0.15, 0.2) is 29.2 Å². The van der Waals surface area contributed by atoms with Crippen LogP contribution in [0.4, 0.5) is 14.5 Å². The Balaban J connectivity index is 2.86. The molecule has 0 aromatic heterocycles. The van der Waals surface area contributed by atoms with Crippen molar-refractivity contribution < 1.29 is 22.3 Å². The van der Waals surface area contributed by atoms with Gasteiger partial charge in [-0.2, -0.15) is 8.78 Å². The van der Waals surface area contributed by atoms with Gasteiger partial charge in [-0.05, 0) is 25.0 Å². The molecule has 7 heteroatoms. The van der Waals surface area contributed by atoms with Crippen LogP contribution in [0.3, 0.4) is 0 Å². The van der Waals surface area contributed by atoms with Crippen molar-refractivity contribution in [1.82, 2.24) is 0 Å². The summed E-state index contributed by atoms with van der Waals surface area (Å²) in [6.45, 7) is 2.13. The van der Waals surface area contributed by atoms with Crippen molar-refractivity contribution >= 4 is 15.5 Å². The average molecular weight is 293 g/mol. The van der Waals surface area contributed by atoms with E-state index in [2.05, 4.69) is 5.32 Å². The van der Waals surface area contributed by atoms with Gasteiger partial charge in [0.2, 0.25) is 9.84 Å². The first kappa shape index (κ1) is 15.8. The van der Waals surface area contributed by atoms with Crippen LogP contribution in [0.2, 0.25) is 0 Å². The van der Waals surface area contributed by atoms with E-state index in [1.54, 1.807) is 6.07 Å². The van der Waals surface area contributed by atoms with Crippen LogP contribution in [0.1, 0.15) is 19.8 Å². The molecule has 0 radical (unpaired) electrons. The zero-order valence-corrected chi connectivity index (χ0v) is 11.3. The third kappa shape index (κ3) is 4.14. The van der Waals surface area contributed by atoms with Gasteiger partial charge >= 0.3 is 5.76 Å². The molecular weight excluding hydrogens is 276 g/mol. The van der Waals surface area contributed by atoms with Gasteiger partial charge in [-0.1, -0.05) is 19.1 Å². The molecule has 0 spiro atoms. The summed E-state index contributed by atoms with van der Waals surface area (Å²) in [5.74, 6) is -3.45. The van der Waals surface area contributed by atoms with Crippen LogP contribution in [0.5, 0.6) is 0 Å². The zero-order valence-electron chi connectivity index (χ0n) is 10.5. The highest BCUT2D eigenvalue weighted by Gasteiger charge is 2.28. The van der Waals surface area contributed by atoms with E-state index in [4.69, 9.17) is 0 Å². The summed E-state index contributed by atoms with van der Waals surface area (Å²) in [5, 5.41) is 12.1. The number of para-hydroxylation sites is 1. The molecule has 2 N–H and O–H groups in total. The van der Waals surface area contributed by atoms with E-state index in [0.717, 1.165) is 6.07 Å². The van der Waals surface area contributed by atoms with Crippen molar-refractivity contribution in [3.63, 3.8) is 0 Å². The molecule has 1 aromatic rings. The minimum Gasteiger partial charge on any atom is -0.393 e. The Morgan fingerprint density at radius 2 is 1.95 bits per heavy atom. The molecule has 4 nitrogen and oxygen atoms in total. The Hall–Kier alpha value is -1.21. The van der Waals surface area contributed by atoms with Gasteiger partial charge < -0.3 is 10.4 Å². The van der Waals surface area contributed by atoms with E-state index in [1.807, 2.05) is 6.92 Å². The second-order valence-electron chi connectivity index (χ2n) is 4.08. The molecule has 0 heterocycles. The number of nitrogens with one attached hydrogen (secondary N) is 1. The summed E-state index contributed by atoms with van der Waals surface area (Å²) in [5.41, 5.74) is 0.131. The molecule has 108 valence electrons. The molecule has 0 aliphatic carbocycles. The molecule has 19 heavy (non-hydrogen) atoms. The van der Waals surface area contributed by atoms with Gasteiger partial charge in [0.1, 0.15) is 0 Å². The number of hydrogen-bond acceptors (Lipinski definition) is 4. The lowest BCUT2D eigenvalue weighted by Crippen LogP contribution is -2.16. The fraction of sp³-hybridized carbons (Fsp3) is 0.500. The standard InChI is InChI=1S/C12H17F2NO3S/c1-2-9(16)7-8-15-10-5-3-4-6-11(10)19(17,18)12(13)14/h3-6,9,12,15-16H,2,7-8H2,1H3. The highest BCUT2D eigenvalue weighted by atomic mass is 32.2. The molecule has 1 atom stereocenters. The van der Waals surface area contributed by atoms with Gasteiger partial charge in [0.25, 0.3) is 0 Å². The van der Waals surface area contributed by atoms with Crippen LogP contribution in [0.25, 0.3) is 0 Å². The third-order valence-corrected chi connectivity index (χ3v) is 4.13. The number of hydrogen-bond donors (Lipinski definition) is 2. The maximum atomic E-state index is 12.5. The lowest BCUT2D eigenvalue weighted by molar-refractivity contribution is 0.164. The van der Waals surface area contributed by atoms with Gasteiger partial charge in [0.15, 0.2) is 0 Å². The Kier molecular flexibility index (Phi) is 5.68. The summed E-state index contributed by atoms with van der Waals surface area (Å²) in [7, 11) is -4.62. The first-order valence-corrected chi connectivity index (χ1v) is 7.47. The second kappa shape index (κ2) is 6.81. The monoisotopic (exact) mass is 293 g/mol. The van der Waals surface area contributed by atoms with Crippen LogP contribution in [-0.2, 0) is 9.84 Å². The summed E-state index contributed by atoms with van der Waals surface area (Å²) in [6.07, 6.45) is 0.504. The predicted molar refractivity (Wildman–Crippen MR) is 69.0 cm³/mol. The minimum atomic E-state index is -4.62. The van der Waals surface area contributed by atoms with Crippen molar-refractivity contribution in [3.8, 4) is 0 Å². The minimum absolute atomic E-state index is 0.131. The van der Waals surface area contributed by atoms with Crippen molar-refractivity contribution in [1.29, 1.82) is 0 Å². The molecule has 0 saturated heterocycles. The number of aliphatic hydroxyl groups excluding tert-OH is 1. The van der Waals surface area contributed by atoms with Crippen LogP contribution < -0.4 is 5.32 Å². The van der Waals surface area contributed by atoms with Gasteiger partial charge in [-0.3, -0.25) is 0 Å². The Morgan fingerprint density at radius 1 is 1.32 bits per heavy atom. The van der Waals surface area contributed by atoms with Crippen LogP contribution >= 0.6 is 0 Å². The maximum Gasteiger partial charge on any atom is 0.341 e. The van der Waals surface area contributed by atoms with Crippen LogP contribution in [0, 0.1) is 0 Å². The fourth-order valence-corrected chi connectivity index (χ4v) is 2.44. The molecule has 0 aliphatic rings. The summed E-state index contributed by atoms with van der Waals surface area (Å²) in [4.78, 5) is -0.420. The van der Waals surface area contributed by atoms with E-state index in [1.165, 1.54) is 12.1 Å². The zero-order chi connectivity index (χ0) is 14.5. The maximum absolute atomic E-state index is 12.5. The molecule has 0 amide bonds. The first-order valence-electron chi connectivity index (χ1n) is 5.92. The van der Waals surface area contributed by atoms with Crippen LogP contribution in [-0.4, -0.2) is 31.9 Å². The van der Waals surface area contributed by atoms with E-state index in [-0.39, 0.29) is 5.69 Å². The first-order chi connectivity index (χ1) is 8.89. The number of benzene rings is 1. The van der Waals surface area contributed by atoms with Crippen molar-refractivity contribution in [2.24, 2.45) is 0 Å². The molecule has 0 fully saturated rings. The molecule has 0 bridgehead atoms. The SMILES string of the molecule is CCC(O)CCNc1ccccc1S(=O)(=O)C(F)F. The predicted octanol–water partition coefficient (Wildman–Crippen LogP) is 2.26. The third-order valence-electron chi connectivity index (χ3n) is 2.69. The Labute approximate surface area is 111 Å². The van der Waals surface area contributed by atoms with Gasteiger partial charge in [0, 0.05) is 6.54 Å². The molecule has 0 saturated carbocycles. The van der Waals surface area contributed by atoms with Gasteiger partial charge in [-0.25, -0.2) is 8.42 Å². The quantitative estimate of drug-likeness (QED) is 0.809. The highest BCUT2D eigenvalue weighted by Crippen LogP contribution is 2.26. The van der Waals surface area contributed by atoms with Crippen molar-refractivity contribution in [2.75, 3.05) is 11.9 Å². The van der Waals surface area contributed by atoms with E-state index < -0.39 is 26.6 Å².